The van der Waals surface area contributed by atoms with Crippen molar-refractivity contribution in [2.24, 2.45) is 30.7 Å². The van der Waals surface area contributed by atoms with Crippen LogP contribution in [0.4, 0.5) is 33.6 Å². The number of rotatable bonds is 21. The van der Waals surface area contributed by atoms with E-state index in [-0.39, 0.29) is 113 Å². The van der Waals surface area contributed by atoms with E-state index in [1.807, 2.05) is 6.07 Å². The zero-order chi connectivity index (χ0) is 61.8. The lowest BCUT2D eigenvalue weighted by atomic mass is 10.1. The first-order valence-corrected chi connectivity index (χ1v) is 33.9. The molecule has 3 aromatic heterocycles. The van der Waals surface area contributed by atoms with Gasteiger partial charge in [0, 0.05) is 27.3 Å². The number of pyridine rings is 1. The summed E-state index contributed by atoms with van der Waals surface area (Å²) in [5.74, 6) is -2.53. The molecule has 31 nitrogen and oxygen atoms in total. The Hall–Kier alpha value is -7.30. The molecule has 0 atom stereocenters. The van der Waals surface area contributed by atoms with Crippen molar-refractivity contribution in [2.75, 3.05) is 31.0 Å². The maximum absolute atomic E-state index is 12.7. The van der Waals surface area contributed by atoms with Crippen molar-refractivity contribution in [3.8, 4) is 23.4 Å². The highest BCUT2D eigenvalue weighted by atomic mass is 32.2. The van der Waals surface area contributed by atoms with Crippen LogP contribution in [-0.2, 0) is 60.7 Å². The molecule has 0 bridgehead atoms. The lowest BCUT2D eigenvalue weighted by molar-refractivity contribution is 0.317. The lowest BCUT2D eigenvalue weighted by Crippen LogP contribution is -2.08. The van der Waals surface area contributed by atoms with Crippen molar-refractivity contribution in [1.82, 2.24) is 14.4 Å². The number of ether oxygens (including phenoxy) is 2. The maximum atomic E-state index is 12.7. The zero-order valence-electron chi connectivity index (χ0n) is 43.0. The molecule has 8 aromatic rings. The van der Waals surface area contributed by atoms with Gasteiger partial charge in [-0.1, -0.05) is 11.3 Å². The minimum absolute atomic E-state index is 0.0205. The van der Waals surface area contributed by atoms with Gasteiger partial charge in [0.2, 0.25) is 11.0 Å². The van der Waals surface area contributed by atoms with Gasteiger partial charge in [0.1, 0.15) is 49.6 Å². The number of fused-ring (bicyclic) bond motifs is 6. The highest BCUT2D eigenvalue weighted by Crippen LogP contribution is 2.46. The molecular weight excluding hydrogens is 1270 g/mol. The summed E-state index contributed by atoms with van der Waals surface area (Å²) in [5, 5.41) is 46.4. The van der Waals surface area contributed by atoms with Gasteiger partial charge >= 0.3 is 0 Å². The number of aryl methyl sites for hydroxylation is 2. The Morgan fingerprint density at radius 2 is 1.26 bits per heavy atom. The molecule has 0 radical (unpaired) electrons. The first-order valence-electron chi connectivity index (χ1n) is 23.2. The summed E-state index contributed by atoms with van der Waals surface area (Å²) in [6.45, 7) is 4.16. The number of hydrogen-bond acceptors (Lipinski definition) is 26. The monoisotopic (exact) mass is 1310 g/mol. The van der Waals surface area contributed by atoms with Crippen LogP contribution in [-0.4, -0.2) is 128 Å². The molecule has 0 unspecified atom stereocenters. The Labute approximate surface area is 484 Å². The predicted octanol–water partition coefficient (Wildman–Crippen LogP) is 9.02. The summed E-state index contributed by atoms with van der Waals surface area (Å²) >= 11 is 1.57. The van der Waals surface area contributed by atoms with Crippen LogP contribution in [0.3, 0.4) is 0 Å². The number of hydrogen-bond donors (Lipinski definition) is 7. The molecule has 3 heterocycles. The van der Waals surface area contributed by atoms with Crippen LogP contribution in [0.5, 0.6) is 17.4 Å². The van der Waals surface area contributed by atoms with Crippen molar-refractivity contribution in [3.63, 3.8) is 0 Å². The molecule has 0 fully saturated rings. The largest absolute Gasteiger partial charge is 0.495 e. The van der Waals surface area contributed by atoms with Gasteiger partial charge in [0.05, 0.1) is 57.4 Å². The molecule has 84 heavy (non-hydrogen) atoms. The quantitative estimate of drug-likeness (QED) is 0.0153. The summed E-state index contributed by atoms with van der Waals surface area (Å²) in [5.41, 5.74) is -0.873. The van der Waals surface area contributed by atoms with E-state index in [2.05, 4.69) is 40.7 Å². The van der Waals surface area contributed by atoms with Crippen molar-refractivity contribution in [1.29, 1.82) is 5.26 Å². The molecule has 0 spiro atoms. The second kappa shape index (κ2) is 23.3. The van der Waals surface area contributed by atoms with Gasteiger partial charge in [0.15, 0.2) is 16.2 Å². The minimum atomic E-state index is -5.32. The van der Waals surface area contributed by atoms with Gasteiger partial charge in [-0.05, 0) is 99.0 Å². The Bertz CT molecular complexity index is 4970. The summed E-state index contributed by atoms with van der Waals surface area (Å²) in [4.78, 5) is 4.82. The number of methoxy groups -OCH3 is 1. The molecule has 0 aliphatic heterocycles. The number of thiazole rings is 1. The van der Waals surface area contributed by atoms with Crippen molar-refractivity contribution in [2.45, 2.75) is 58.1 Å². The van der Waals surface area contributed by atoms with Crippen LogP contribution >= 0.6 is 23.1 Å². The van der Waals surface area contributed by atoms with E-state index in [9.17, 15) is 88.2 Å². The Balaban J connectivity index is 1.21. The molecule has 5 aromatic carbocycles. The smallest absolute Gasteiger partial charge is 0.300 e. The van der Waals surface area contributed by atoms with Crippen LogP contribution in [0, 0.1) is 32.1 Å². The van der Waals surface area contributed by atoms with Crippen molar-refractivity contribution in [3.05, 3.63) is 76.9 Å². The van der Waals surface area contributed by atoms with E-state index < -0.39 is 109 Å². The maximum Gasteiger partial charge on any atom is 0.300 e. The standard InChI is InChI=1S/C45H40N10O21S8/c1-21-13-31(51-53-38-23(3)27(20-46)43-47-28-7-8-33(75-4)42(84(72,73)74)40(28)55(43)44(38)56)34(76-9-5-11-79(57,58)59)18-29(21)49-52-32-14-22(2)30(19-35(32)77-10-6-12-80(60,61)62)50-54-45-48-39-37(83(69,70)71)17-25-26(41(39)78-45)15-24(81(63,64)65)16-36(25)82(66,67)68/h7-8,13-19,56H,5-6,9-12H2,1-4H3,(H,57,58,59)(H,60,61,62)(H,63,64,65)(H,66,67,68)(H,69,70,71)(H,72,73,74). The molecule has 0 saturated heterocycles. The van der Waals surface area contributed by atoms with Crippen molar-refractivity contribution < 1.29 is 92.4 Å². The fourth-order valence-electron chi connectivity index (χ4n) is 8.20. The number of imidazole rings is 1. The average molecular weight is 1310 g/mol. The third kappa shape index (κ3) is 13.6. The van der Waals surface area contributed by atoms with Crippen LogP contribution in [0.2, 0.25) is 0 Å². The fourth-order valence-corrected chi connectivity index (χ4v) is 14.2. The van der Waals surface area contributed by atoms with Crippen LogP contribution in [0.25, 0.3) is 37.7 Å². The van der Waals surface area contributed by atoms with Crippen LogP contribution < -0.4 is 9.47 Å². The van der Waals surface area contributed by atoms with Crippen LogP contribution in [0.15, 0.2) is 110 Å². The van der Waals surface area contributed by atoms with Gasteiger partial charge in [-0.15, -0.1) is 37.3 Å². The summed E-state index contributed by atoms with van der Waals surface area (Å²) in [6, 6.07) is 11.9. The molecule has 7 N–H and O–H groups in total. The highest BCUT2D eigenvalue weighted by molar-refractivity contribution is 7.99. The Kier molecular flexibility index (Phi) is 17.4. The first-order chi connectivity index (χ1) is 39.0. The third-order valence-corrected chi connectivity index (χ3v) is 19.2. The molecule has 0 saturated carbocycles. The fraction of sp³-hybridized carbons (Fsp3) is 0.222. The molecular formula is C45H40N10O21S8. The minimum Gasteiger partial charge on any atom is -0.495 e. The van der Waals surface area contributed by atoms with Gasteiger partial charge in [-0.3, -0.25) is 31.7 Å². The number of azo groups is 3. The highest BCUT2D eigenvalue weighted by Gasteiger charge is 2.30. The van der Waals surface area contributed by atoms with E-state index >= 15 is 0 Å². The van der Waals surface area contributed by atoms with Gasteiger partial charge < -0.3 is 14.6 Å². The van der Waals surface area contributed by atoms with Crippen LogP contribution in [0.1, 0.15) is 35.1 Å². The van der Waals surface area contributed by atoms with E-state index in [1.54, 1.807) is 13.8 Å². The number of nitrogens with zero attached hydrogens (tertiary/aromatic N) is 10. The zero-order valence-corrected chi connectivity index (χ0v) is 49.6. The molecule has 444 valence electrons. The molecule has 0 aliphatic carbocycles. The number of aromatic nitrogens is 3. The Morgan fingerprint density at radius 3 is 1.87 bits per heavy atom. The van der Waals surface area contributed by atoms with Crippen molar-refractivity contribution >= 4 is 155 Å². The SMILES string of the molecule is COc1ccc2nc3c(C#N)c(C)c(N=Nc4cc(C)c(N=Nc5cc(C)c(N=Nc6nc7c(S(=O)(=O)O)cc8c(S(=O)(=O)O)cc(S(=O)(=O)O)cc8c7s6)cc5SCCCS(=O)(=O)O)cc4OCCCS(=O)(=O)O)c(O)n3c2c1S(=O)(=O)O. The van der Waals surface area contributed by atoms with E-state index in [1.165, 1.54) is 43.3 Å². The van der Waals surface area contributed by atoms with E-state index in [4.69, 9.17) is 9.47 Å². The summed E-state index contributed by atoms with van der Waals surface area (Å²) < 4.78 is 217. The summed E-state index contributed by atoms with van der Waals surface area (Å²) in [6.07, 6.45) is -0.317. The first kappa shape index (κ1) is 62.7. The topological polar surface area (TPSA) is 493 Å². The van der Waals surface area contributed by atoms with Gasteiger partial charge in [-0.2, -0.15) is 60.9 Å². The predicted molar refractivity (Wildman–Crippen MR) is 300 cm³/mol. The Morgan fingerprint density at radius 1 is 0.655 bits per heavy atom. The molecule has 8 rings (SSSR count). The molecule has 39 heteroatoms. The number of nitriles is 1. The van der Waals surface area contributed by atoms with Gasteiger partial charge in [-0.25, -0.2) is 9.97 Å². The second-order valence-corrected chi connectivity index (χ2v) is 28.6. The van der Waals surface area contributed by atoms with Gasteiger partial charge in [0.25, 0.3) is 60.7 Å². The second-order valence-electron chi connectivity index (χ2n) is 17.8. The van der Waals surface area contributed by atoms with E-state index in [0.717, 1.165) is 29.3 Å². The lowest BCUT2D eigenvalue weighted by Gasteiger charge is -2.13. The number of thioether (sulfide) groups is 1. The van der Waals surface area contributed by atoms with E-state index in [0.29, 0.717) is 34.6 Å². The average Bonchev–Trinajstić information content (AvgIpc) is 1.53. The number of benzene rings is 5. The number of aromatic hydroxyl groups is 1. The normalized spacial score (nSPS) is 13.2. The summed E-state index contributed by atoms with van der Waals surface area (Å²) in [7, 11) is -28.5. The third-order valence-electron chi connectivity index (χ3n) is 12.0. The molecule has 0 amide bonds. The molecule has 0 aliphatic rings.